The Balaban J connectivity index is 4.16. The summed E-state index contributed by atoms with van der Waals surface area (Å²) < 4.78 is 16.9. The molecule has 0 aliphatic carbocycles. The van der Waals surface area contributed by atoms with Crippen LogP contribution in [0.5, 0.6) is 0 Å². The Hall–Kier alpha value is -2.11. The van der Waals surface area contributed by atoms with Crippen molar-refractivity contribution in [3.05, 3.63) is 24.3 Å². The molecule has 0 radical (unpaired) electrons. The number of carbonyl (C=O) groups excluding carboxylic acids is 3. The van der Waals surface area contributed by atoms with Crippen molar-refractivity contribution >= 4 is 17.9 Å². The van der Waals surface area contributed by atoms with E-state index in [0.29, 0.717) is 19.3 Å². The van der Waals surface area contributed by atoms with Gasteiger partial charge in [-0.05, 0) is 51.4 Å². The van der Waals surface area contributed by atoms with E-state index in [1.807, 2.05) is 0 Å². The van der Waals surface area contributed by atoms with Crippen LogP contribution in [0, 0.1) is 0 Å². The molecule has 424 valence electrons. The summed E-state index contributed by atoms with van der Waals surface area (Å²) in [6.07, 6.45) is 73.4. The number of unbranched alkanes of at least 4 members (excludes halogenated alkanes) is 45. The Morgan fingerprint density at radius 1 is 0.278 bits per heavy atom. The molecule has 0 aliphatic heterocycles. The Kier molecular flexibility index (Phi) is 59.6. The maximum atomic E-state index is 12.9. The summed E-state index contributed by atoms with van der Waals surface area (Å²) in [5.41, 5.74) is 0. The maximum Gasteiger partial charge on any atom is 0.306 e. The van der Waals surface area contributed by atoms with Gasteiger partial charge in [0.1, 0.15) is 13.2 Å². The first kappa shape index (κ1) is 69.9. The molecule has 6 heteroatoms. The summed E-state index contributed by atoms with van der Waals surface area (Å²) in [5.74, 6) is -0.853. The number of carbonyl (C=O) groups is 3. The maximum absolute atomic E-state index is 12.9. The molecular formula is C66H124O6. The van der Waals surface area contributed by atoms with Crippen molar-refractivity contribution in [3.8, 4) is 0 Å². The summed E-state index contributed by atoms with van der Waals surface area (Å²) >= 11 is 0. The lowest BCUT2D eigenvalue weighted by Crippen LogP contribution is -2.30. The number of hydrogen-bond donors (Lipinski definition) is 0. The van der Waals surface area contributed by atoms with E-state index in [4.69, 9.17) is 14.2 Å². The van der Waals surface area contributed by atoms with E-state index in [2.05, 4.69) is 45.1 Å². The third kappa shape index (κ3) is 58.8. The summed E-state index contributed by atoms with van der Waals surface area (Å²) in [6, 6.07) is 0. The van der Waals surface area contributed by atoms with Crippen molar-refractivity contribution in [1.29, 1.82) is 0 Å². The lowest BCUT2D eigenvalue weighted by atomic mass is 10.0. The third-order valence-corrected chi connectivity index (χ3v) is 14.7. The topological polar surface area (TPSA) is 78.9 Å². The van der Waals surface area contributed by atoms with E-state index < -0.39 is 6.10 Å². The highest BCUT2D eigenvalue weighted by molar-refractivity contribution is 5.71. The molecule has 0 aromatic carbocycles. The van der Waals surface area contributed by atoms with Gasteiger partial charge in [-0.15, -0.1) is 0 Å². The highest BCUT2D eigenvalue weighted by Gasteiger charge is 2.19. The standard InChI is InChI=1S/C66H124O6/c1-4-7-10-13-16-19-22-24-26-28-30-31-32-33-34-35-36-37-39-40-42-44-47-50-53-56-59-65(68)71-62-63(61-70-64(67)58-55-52-49-46-21-18-15-12-9-6-3)72-66(69)60-57-54-51-48-45-43-41-38-29-27-25-23-20-17-14-11-8-5-2/h20,23,27,29,63H,4-19,21-22,24-26,28,30-62H2,1-3H3/b23-20-,29-27-. The predicted molar refractivity (Wildman–Crippen MR) is 312 cm³/mol. The average molecular weight is 1010 g/mol. The number of rotatable bonds is 60. The van der Waals surface area contributed by atoms with E-state index in [1.54, 1.807) is 0 Å². The van der Waals surface area contributed by atoms with Crippen molar-refractivity contribution in [3.63, 3.8) is 0 Å². The smallest absolute Gasteiger partial charge is 0.306 e. The fourth-order valence-corrected chi connectivity index (χ4v) is 9.83. The van der Waals surface area contributed by atoms with Crippen LogP contribution in [0.2, 0.25) is 0 Å². The van der Waals surface area contributed by atoms with Crippen molar-refractivity contribution in [2.75, 3.05) is 13.2 Å². The van der Waals surface area contributed by atoms with Crippen LogP contribution < -0.4 is 0 Å². The molecule has 0 aliphatic rings. The van der Waals surface area contributed by atoms with Gasteiger partial charge in [0.15, 0.2) is 6.10 Å². The lowest BCUT2D eigenvalue weighted by Gasteiger charge is -2.18. The lowest BCUT2D eigenvalue weighted by molar-refractivity contribution is -0.167. The predicted octanol–water partition coefficient (Wildman–Crippen LogP) is 21.8. The highest BCUT2D eigenvalue weighted by atomic mass is 16.6. The molecule has 6 nitrogen and oxygen atoms in total. The number of esters is 3. The number of allylic oxidation sites excluding steroid dienone is 4. The number of ether oxygens (including phenoxy) is 3. The molecule has 1 atom stereocenters. The van der Waals surface area contributed by atoms with Gasteiger partial charge in [0.2, 0.25) is 0 Å². The molecule has 0 saturated carbocycles. The zero-order valence-corrected chi connectivity index (χ0v) is 48.7. The Labute approximate surface area is 449 Å². The first-order valence-electron chi connectivity index (χ1n) is 32.3. The summed E-state index contributed by atoms with van der Waals surface area (Å²) in [5, 5.41) is 0. The second-order valence-electron chi connectivity index (χ2n) is 22.0. The van der Waals surface area contributed by atoms with Gasteiger partial charge < -0.3 is 14.2 Å². The molecule has 0 N–H and O–H groups in total. The zero-order chi connectivity index (χ0) is 52.2. The van der Waals surface area contributed by atoms with Crippen molar-refractivity contribution in [2.24, 2.45) is 0 Å². The van der Waals surface area contributed by atoms with E-state index in [-0.39, 0.29) is 31.1 Å². The van der Waals surface area contributed by atoms with Gasteiger partial charge in [0, 0.05) is 19.3 Å². The molecule has 0 heterocycles. The second-order valence-corrected chi connectivity index (χ2v) is 22.0. The fraction of sp³-hybridized carbons (Fsp3) is 0.894. The van der Waals surface area contributed by atoms with Gasteiger partial charge in [-0.2, -0.15) is 0 Å². The van der Waals surface area contributed by atoms with E-state index >= 15 is 0 Å². The molecule has 0 spiro atoms. The molecule has 0 fully saturated rings. The molecular weight excluding hydrogens is 889 g/mol. The van der Waals surface area contributed by atoms with Crippen molar-refractivity contribution < 1.29 is 28.6 Å². The molecule has 0 bridgehead atoms. The van der Waals surface area contributed by atoms with Crippen LogP contribution >= 0.6 is 0 Å². The fourth-order valence-electron chi connectivity index (χ4n) is 9.83. The van der Waals surface area contributed by atoms with E-state index in [9.17, 15) is 14.4 Å². The Morgan fingerprint density at radius 2 is 0.500 bits per heavy atom. The first-order chi connectivity index (χ1) is 35.5. The van der Waals surface area contributed by atoms with Gasteiger partial charge in [0.25, 0.3) is 0 Å². The minimum absolute atomic E-state index is 0.0689. The summed E-state index contributed by atoms with van der Waals surface area (Å²) in [6.45, 7) is 6.67. The van der Waals surface area contributed by atoms with Crippen LogP contribution in [-0.2, 0) is 28.6 Å². The normalized spacial score (nSPS) is 12.1. The van der Waals surface area contributed by atoms with Crippen LogP contribution in [0.3, 0.4) is 0 Å². The van der Waals surface area contributed by atoms with E-state index in [1.165, 1.54) is 250 Å². The Bertz CT molecular complexity index is 1160. The van der Waals surface area contributed by atoms with Gasteiger partial charge in [0.05, 0.1) is 0 Å². The first-order valence-corrected chi connectivity index (χ1v) is 32.3. The largest absolute Gasteiger partial charge is 0.462 e. The zero-order valence-electron chi connectivity index (χ0n) is 48.7. The second kappa shape index (κ2) is 61.4. The highest BCUT2D eigenvalue weighted by Crippen LogP contribution is 2.18. The van der Waals surface area contributed by atoms with Crippen molar-refractivity contribution in [2.45, 2.75) is 367 Å². The molecule has 0 aromatic rings. The third-order valence-electron chi connectivity index (χ3n) is 14.7. The molecule has 0 aromatic heterocycles. The van der Waals surface area contributed by atoms with Gasteiger partial charge in [-0.1, -0.05) is 315 Å². The number of hydrogen-bond acceptors (Lipinski definition) is 6. The van der Waals surface area contributed by atoms with Crippen LogP contribution in [0.25, 0.3) is 0 Å². The minimum atomic E-state index is -0.771. The molecule has 0 rings (SSSR count). The molecule has 1 unspecified atom stereocenters. The van der Waals surface area contributed by atoms with Crippen LogP contribution in [0.15, 0.2) is 24.3 Å². The quantitative estimate of drug-likeness (QED) is 0.0261. The van der Waals surface area contributed by atoms with Crippen molar-refractivity contribution in [1.82, 2.24) is 0 Å². The van der Waals surface area contributed by atoms with Gasteiger partial charge >= 0.3 is 17.9 Å². The Morgan fingerprint density at radius 3 is 0.778 bits per heavy atom. The molecule has 72 heavy (non-hydrogen) atoms. The molecule has 0 amide bonds. The monoisotopic (exact) mass is 1010 g/mol. The van der Waals surface area contributed by atoms with Crippen LogP contribution in [0.4, 0.5) is 0 Å². The van der Waals surface area contributed by atoms with Crippen LogP contribution in [0.1, 0.15) is 361 Å². The minimum Gasteiger partial charge on any atom is -0.462 e. The average Bonchev–Trinajstić information content (AvgIpc) is 3.38. The summed E-state index contributed by atoms with van der Waals surface area (Å²) in [7, 11) is 0. The van der Waals surface area contributed by atoms with Crippen LogP contribution in [-0.4, -0.2) is 37.2 Å². The van der Waals surface area contributed by atoms with Gasteiger partial charge in [-0.25, -0.2) is 0 Å². The molecule has 0 saturated heterocycles. The SMILES string of the molecule is CCCCCC/C=C\C/C=C\CCCCCCCCCC(=O)OC(COC(=O)CCCCCCCCCCCC)COC(=O)CCCCCCCCCCCCCCCCCCCCCCCCCCCC. The van der Waals surface area contributed by atoms with E-state index in [0.717, 1.165) is 70.6 Å². The van der Waals surface area contributed by atoms with Gasteiger partial charge in [-0.3, -0.25) is 14.4 Å². The summed E-state index contributed by atoms with van der Waals surface area (Å²) in [4.78, 5) is 38.2.